The molecule has 0 aliphatic rings. The Morgan fingerprint density at radius 1 is 1.18 bits per heavy atom. The van der Waals surface area contributed by atoms with Gasteiger partial charge >= 0.3 is 5.97 Å². The Labute approximate surface area is 128 Å². The van der Waals surface area contributed by atoms with Gasteiger partial charge in [0.05, 0.1) is 0 Å². The Bertz CT molecular complexity index is 842. The van der Waals surface area contributed by atoms with Gasteiger partial charge in [0.2, 0.25) is 0 Å². The molecule has 0 radical (unpaired) electrons. The van der Waals surface area contributed by atoms with Gasteiger partial charge in [-0.3, -0.25) is 0 Å². The molecule has 1 aromatic carbocycles. The van der Waals surface area contributed by atoms with E-state index < -0.39 is 5.97 Å². The van der Waals surface area contributed by atoms with Crippen LogP contribution in [-0.4, -0.2) is 25.4 Å². The Hall–Kier alpha value is -2.69. The van der Waals surface area contributed by atoms with Gasteiger partial charge in [0, 0.05) is 24.2 Å². The minimum Gasteiger partial charge on any atom is -0.476 e. The van der Waals surface area contributed by atoms with Gasteiger partial charge in [-0.05, 0) is 11.0 Å². The Kier molecular flexibility index (Phi) is 3.20. The van der Waals surface area contributed by atoms with E-state index in [1.54, 1.807) is 16.8 Å². The molecule has 0 aliphatic carbocycles. The molecule has 2 aromatic heterocycles. The SMILES string of the molecule is CC(C)(C)c1ccc(-c2nc(C(=O)O)cn3ccnc23)cc1. The molecule has 0 saturated carbocycles. The third-order valence-electron chi connectivity index (χ3n) is 3.62. The van der Waals surface area contributed by atoms with Crippen LogP contribution in [0.1, 0.15) is 36.8 Å². The van der Waals surface area contributed by atoms with E-state index in [1.807, 2.05) is 24.3 Å². The Balaban J connectivity index is 2.17. The molecule has 0 amide bonds. The van der Waals surface area contributed by atoms with Crippen LogP contribution in [0.3, 0.4) is 0 Å². The minimum atomic E-state index is -1.05. The van der Waals surface area contributed by atoms with Crippen molar-refractivity contribution in [3.63, 3.8) is 0 Å². The summed E-state index contributed by atoms with van der Waals surface area (Å²) in [6.07, 6.45) is 4.82. The molecule has 0 unspecified atom stereocenters. The molecule has 0 saturated heterocycles. The lowest BCUT2D eigenvalue weighted by molar-refractivity contribution is 0.0690. The summed E-state index contributed by atoms with van der Waals surface area (Å²) in [5.74, 6) is -1.05. The number of hydrogen-bond acceptors (Lipinski definition) is 3. The number of fused-ring (bicyclic) bond motifs is 1. The number of imidazole rings is 1. The summed E-state index contributed by atoms with van der Waals surface area (Å²) in [5, 5.41) is 9.21. The first-order chi connectivity index (χ1) is 10.4. The standard InChI is InChI=1S/C17H17N3O2/c1-17(2,3)12-6-4-11(5-7-12)14-15-18-8-9-20(15)10-13(19-14)16(21)22/h4-10H,1-3H3,(H,21,22). The number of aromatic nitrogens is 3. The number of carbonyl (C=O) groups is 1. The number of hydrogen-bond donors (Lipinski definition) is 1. The van der Waals surface area contributed by atoms with Gasteiger partial charge in [-0.15, -0.1) is 0 Å². The van der Waals surface area contributed by atoms with Crippen molar-refractivity contribution in [1.82, 2.24) is 14.4 Å². The molecule has 5 heteroatoms. The van der Waals surface area contributed by atoms with E-state index in [0.29, 0.717) is 11.3 Å². The van der Waals surface area contributed by atoms with Crippen molar-refractivity contribution in [2.24, 2.45) is 0 Å². The summed E-state index contributed by atoms with van der Waals surface area (Å²) in [6, 6.07) is 8.01. The largest absolute Gasteiger partial charge is 0.476 e. The van der Waals surface area contributed by atoms with Crippen molar-refractivity contribution in [2.75, 3.05) is 0 Å². The molecule has 0 aliphatic heterocycles. The molecule has 5 nitrogen and oxygen atoms in total. The average molecular weight is 295 g/mol. The summed E-state index contributed by atoms with van der Waals surface area (Å²) in [7, 11) is 0. The van der Waals surface area contributed by atoms with Crippen LogP contribution in [0.4, 0.5) is 0 Å². The predicted molar refractivity (Wildman–Crippen MR) is 84.1 cm³/mol. The number of nitrogens with zero attached hydrogens (tertiary/aromatic N) is 3. The third kappa shape index (κ3) is 2.45. The molecule has 0 spiro atoms. The smallest absolute Gasteiger partial charge is 0.356 e. The lowest BCUT2D eigenvalue weighted by Crippen LogP contribution is -2.10. The van der Waals surface area contributed by atoms with Crippen LogP contribution in [0.25, 0.3) is 16.9 Å². The van der Waals surface area contributed by atoms with E-state index in [2.05, 4.69) is 30.7 Å². The first kappa shape index (κ1) is 14.3. The van der Waals surface area contributed by atoms with Gasteiger partial charge in [0.1, 0.15) is 5.69 Å². The molecule has 2 heterocycles. The number of rotatable bonds is 2. The second-order valence-corrected chi connectivity index (χ2v) is 6.27. The topological polar surface area (TPSA) is 67.5 Å². The fourth-order valence-corrected chi connectivity index (χ4v) is 2.36. The van der Waals surface area contributed by atoms with Crippen LogP contribution in [0.15, 0.2) is 42.9 Å². The Morgan fingerprint density at radius 2 is 1.86 bits per heavy atom. The van der Waals surface area contributed by atoms with Crippen molar-refractivity contribution in [3.05, 3.63) is 54.1 Å². The number of carboxylic acids is 1. The summed E-state index contributed by atoms with van der Waals surface area (Å²) in [5.41, 5.74) is 3.36. The van der Waals surface area contributed by atoms with Gasteiger partial charge in [-0.1, -0.05) is 45.0 Å². The molecule has 0 bridgehead atoms. The minimum absolute atomic E-state index is 0.000368. The zero-order chi connectivity index (χ0) is 15.9. The monoisotopic (exact) mass is 295 g/mol. The zero-order valence-electron chi connectivity index (χ0n) is 12.7. The molecule has 0 atom stereocenters. The first-order valence-electron chi connectivity index (χ1n) is 7.04. The van der Waals surface area contributed by atoms with Gasteiger partial charge in [-0.2, -0.15) is 0 Å². The highest BCUT2D eigenvalue weighted by Crippen LogP contribution is 2.27. The molecule has 22 heavy (non-hydrogen) atoms. The molecule has 1 N–H and O–H groups in total. The lowest BCUT2D eigenvalue weighted by atomic mass is 9.86. The summed E-state index contributed by atoms with van der Waals surface area (Å²) in [4.78, 5) is 19.8. The predicted octanol–water partition coefficient (Wildman–Crippen LogP) is 3.39. The number of benzene rings is 1. The van der Waals surface area contributed by atoms with Crippen LogP contribution in [0, 0.1) is 0 Å². The average Bonchev–Trinajstić information content (AvgIpc) is 2.93. The quantitative estimate of drug-likeness (QED) is 0.787. The van der Waals surface area contributed by atoms with Crippen molar-refractivity contribution < 1.29 is 9.90 Å². The van der Waals surface area contributed by atoms with E-state index in [4.69, 9.17) is 0 Å². The maximum Gasteiger partial charge on any atom is 0.356 e. The Morgan fingerprint density at radius 3 is 2.45 bits per heavy atom. The van der Waals surface area contributed by atoms with Crippen LogP contribution in [0.5, 0.6) is 0 Å². The molecular formula is C17H17N3O2. The van der Waals surface area contributed by atoms with Crippen LogP contribution in [0.2, 0.25) is 0 Å². The highest BCUT2D eigenvalue weighted by molar-refractivity contribution is 5.87. The van der Waals surface area contributed by atoms with E-state index in [-0.39, 0.29) is 11.1 Å². The highest BCUT2D eigenvalue weighted by atomic mass is 16.4. The maximum atomic E-state index is 11.2. The second kappa shape index (κ2) is 4.94. The van der Waals surface area contributed by atoms with E-state index >= 15 is 0 Å². The van der Waals surface area contributed by atoms with E-state index in [9.17, 15) is 9.90 Å². The van der Waals surface area contributed by atoms with E-state index in [1.165, 1.54) is 11.8 Å². The fraction of sp³-hybridized carbons (Fsp3) is 0.235. The molecule has 112 valence electrons. The molecular weight excluding hydrogens is 278 g/mol. The van der Waals surface area contributed by atoms with Crippen LogP contribution in [-0.2, 0) is 5.41 Å². The van der Waals surface area contributed by atoms with Gasteiger partial charge in [0.25, 0.3) is 0 Å². The molecule has 0 fully saturated rings. The number of aromatic carboxylic acids is 1. The molecule has 3 aromatic rings. The zero-order valence-corrected chi connectivity index (χ0v) is 12.7. The van der Waals surface area contributed by atoms with Crippen molar-refractivity contribution in [3.8, 4) is 11.3 Å². The normalized spacial score (nSPS) is 11.8. The van der Waals surface area contributed by atoms with Gasteiger partial charge in [-0.25, -0.2) is 14.8 Å². The lowest BCUT2D eigenvalue weighted by Gasteiger charge is -2.19. The van der Waals surface area contributed by atoms with Gasteiger partial charge in [0.15, 0.2) is 11.3 Å². The van der Waals surface area contributed by atoms with Crippen molar-refractivity contribution >= 4 is 11.6 Å². The third-order valence-corrected chi connectivity index (χ3v) is 3.62. The van der Waals surface area contributed by atoms with Crippen LogP contribution >= 0.6 is 0 Å². The van der Waals surface area contributed by atoms with Crippen molar-refractivity contribution in [1.29, 1.82) is 0 Å². The summed E-state index contributed by atoms with van der Waals surface area (Å²) < 4.78 is 1.68. The summed E-state index contributed by atoms with van der Waals surface area (Å²) >= 11 is 0. The van der Waals surface area contributed by atoms with Crippen molar-refractivity contribution in [2.45, 2.75) is 26.2 Å². The van der Waals surface area contributed by atoms with Crippen LogP contribution < -0.4 is 0 Å². The maximum absolute atomic E-state index is 11.2. The fourth-order valence-electron chi connectivity index (χ4n) is 2.36. The van der Waals surface area contributed by atoms with E-state index in [0.717, 1.165) is 5.56 Å². The number of carboxylic acid groups (broad SMARTS) is 1. The first-order valence-corrected chi connectivity index (χ1v) is 7.04. The van der Waals surface area contributed by atoms with Gasteiger partial charge < -0.3 is 9.51 Å². The summed E-state index contributed by atoms with van der Waals surface area (Å²) in [6.45, 7) is 6.45. The second-order valence-electron chi connectivity index (χ2n) is 6.27. The highest BCUT2D eigenvalue weighted by Gasteiger charge is 2.16. The molecule has 3 rings (SSSR count).